The molecule has 0 heterocycles. The summed E-state index contributed by atoms with van der Waals surface area (Å²) in [5.41, 5.74) is 1.30. The molecule has 206 valence electrons. The number of nitrogens with zero attached hydrogens (tertiary/aromatic N) is 1. The SMILES string of the molecule is Cc1c(O)cccc1C(=O)N[C@@H]([I-]c1ccccc1)[C@H](O)CN(CC(C)C)S(=O)(=O)c1ccc(CO)cc1. The first-order valence-corrected chi connectivity index (χ1v) is 15.9. The monoisotopic (exact) mass is 653 g/mol. The maximum atomic E-state index is 13.6. The van der Waals surface area contributed by atoms with Crippen LogP contribution in [0.3, 0.4) is 0 Å². The molecule has 0 fully saturated rings. The molecule has 0 radical (unpaired) electrons. The number of amides is 1. The molecule has 3 aromatic rings. The van der Waals surface area contributed by atoms with Crippen LogP contribution in [0.15, 0.2) is 77.7 Å². The van der Waals surface area contributed by atoms with E-state index < -0.39 is 47.3 Å². The fourth-order valence-corrected chi connectivity index (χ4v) is 8.09. The molecule has 4 N–H and O–H groups in total. The molecule has 38 heavy (non-hydrogen) atoms. The van der Waals surface area contributed by atoms with Crippen molar-refractivity contribution < 1.29 is 49.7 Å². The number of hydrogen-bond acceptors (Lipinski definition) is 6. The van der Waals surface area contributed by atoms with E-state index in [2.05, 4.69) is 5.32 Å². The number of carbonyl (C=O) groups excluding carboxylic acids is 1. The Balaban J connectivity index is 1.91. The Kier molecular flexibility index (Phi) is 10.7. The Labute approximate surface area is 234 Å². The van der Waals surface area contributed by atoms with Gasteiger partial charge < -0.3 is 0 Å². The van der Waals surface area contributed by atoms with Gasteiger partial charge in [-0.2, -0.15) is 0 Å². The van der Waals surface area contributed by atoms with Crippen molar-refractivity contribution in [3.63, 3.8) is 0 Å². The first-order chi connectivity index (χ1) is 18.0. The van der Waals surface area contributed by atoms with Gasteiger partial charge in [0.1, 0.15) is 0 Å². The summed E-state index contributed by atoms with van der Waals surface area (Å²) in [5, 5.41) is 33.7. The Hall–Kier alpha value is -2.51. The summed E-state index contributed by atoms with van der Waals surface area (Å²) >= 11 is -0.968. The van der Waals surface area contributed by atoms with Crippen molar-refractivity contribution in [3.8, 4) is 5.75 Å². The van der Waals surface area contributed by atoms with Gasteiger partial charge >= 0.3 is 236 Å². The molecular formula is C28H34IN2O6S-. The van der Waals surface area contributed by atoms with Crippen LogP contribution in [0.2, 0.25) is 0 Å². The first-order valence-electron chi connectivity index (χ1n) is 12.2. The van der Waals surface area contributed by atoms with Gasteiger partial charge in [-0.05, 0) is 0 Å². The van der Waals surface area contributed by atoms with E-state index >= 15 is 0 Å². The van der Waals surface area contributed by atoms with Crippen molar-refractivity contribution in [1.82, 2.24) is 9.62 Å². The van der Waals surface area contributed by atoms with Crippen LogP contribution in [0.1, 0.15) is 35.3 Å². The number of carbonyl (C=O) groups is 1. The predicted molar refractivity (Wildman–Crippen MR) is 141 cm³/mol. The second kappa shape index (κ2) is 13.5. The van der Waals surface area contributed by atoms with E-state index in [0.29, 0.717) is 11.1 Å². The van der Waals surface area contributed by atoms with Crippen LogP contribution in [0.25, 0.3) is 0 Å². The van der Waals surface area contributed by atoms with Gasteiger partial charge in [0.15, 0.2) is 0 Å². The van der Waals surface area contributed by atoms with Gasteiger partial charge in [-0.15, -0.1) is 0 Å². The van der Waals surface area contributed by atoms with Crippen LogP contribution in [0, 0.1) is 16.4 Å². The molecule has 0 unspecified atom stereocenters. The van der Waals surface area contributed by atoms with Crippen molar-refractivity contribution in [3.05, 3.63) is 93.1 Å². The molecule has 2 atom stereocenters. The van der Waals surface area contributed by atoms with Crippen molar-refractivity contribution in [2.24, 2.45) is 5.92 Å². The number of aliphatic hydroxyl groups excluding tert-OH is 2. The second-order valence-electron chi connectivity index (χ2n) is 9.31. The van der Waals surface area contributed by atoms with Crippen LogP contribution in [-0.2, 0) is 16.6 Å². The second-order valence-corrected chi connectivity index (χ2v) is 14.5. The third kappa shape index (κ3) is 7.76. The van der Waals surface area contributed by atoms with Crippen LogP contribution in [-0.4, -0.2) is 57.2 Å². The average Bonchev–Trinajstić information content (AvgIpc) is 2.89. The molecule has 0 aliphatic heterocycles. The summed E-state index contributed by atoms with van der Waals surface area (Å²) in [6, 6.07) is 20.2. The average molecular weight is 654 g/mol. The zero-order chi connectivity index (χ0) is 27.9. The summed E-state index contributed by atoms with van der Waals surface area (Å²) in [4.78, 5) is 13.3. The third-order valence-electron chi connectivity index (χ3n) is 5.84. The van der Waals surface area contributed by atoms with Gasteiger partial charge in [-0.1, -0.05) is 0 Å². The molecule has 0 aliphatic rings. The van der Waals surface area contributed by atoms with Crippen molar-refractivity contribution in [1.29, 1.82) is 0 Å². The standard InChI is InChI=1S/C28H34IN2O6S/c1-19(2)16-31(38(36,37)23-14-12-21(18-32)13-15-23)17-26(34)27(29-22-8-5-4-6-9-22)30-28(35)24-10-7-11-25(33)20(24)3/h4-15,19,26-27,32-34H,16-18H2,1-3H3,(H,30,35)/q-1/t26-,27-/m1/s1. The minimum absolute atomic E-state index is 0.00563. The number of nitrogens with one attached hydrogen (secondary N) is 1. The van der Waals surface area contributed by atoms with Gasteiger partial charge in [0.05, 0.1) is 0 Å². The fourth-order valence-electron chi connectivity index (χ4n) is 3.79. The molecule has 3 rings (SSSR count). The molecule has 3 aromatic carbocycles. The van der Waals surface area contributed by atoms with E-state index in [4.69, 9.17) is 0 Å². The Morgan fingerprint density at radius 2 is 1.63 bits per heavy atom. The summed E-state index contributed by atoms with van der Waals surface area (Å²) in [5.74, 6) is -0.467. The molecular weight excluding hydrogens is 619 g/mol. The van der Waals surface area contributed by atoms with E-state index in [9.17, 15) is 28.5 Å². The number of rotatable bonds is 12. The van der Waals surface area contributed by atoms with Crippen LogP contribution < -0.4 is 26.5 Å². The van der Waals surface area contributed by atoms with E-state index in [1.165, 1.54) is 22.5 Å². The Morgan fingerprint density at radius 3 is 2.24 bits per heavy atom. The molecule has 0 spiro atoms. The molecule has 8 nitrogen and oxygen atoms in total. The molecule has 0 bridgehead atoms. The molecule has 0 aromatic heterocycles. The number of aromatic hydroxyl groups is 1. The fraction of sp³-hybridized carbons (Fsp3) is 0.321. The van der Waals surface area contributed by atoms with Gasteiger partial charge in [0.25, 0.3) is 0 Å². The van der Waals surface area contributed by atoms with Crippen molar-refractivity contribution in [2.45, 2.75) is 42.4 Å². The maximum absolute atomic E-state index is 13.6. The quantitative estimate of drug-likeness (QED) is 0.123. The van der Waals surface area contributed by atoms with Crippen LogP contribution in [0.4, 0.5) is 0 Å². The van der Waals surface area contributed by atoms with E-state index in [0.717, 1.165) is 3.57 Å². The molecule has 0 saturated heterocycles. The van der Waals surface area contributed by atoms with Crippen LogP contribution >= 0.6 is 0 Å². The number of phenols is 1. The topological polar surface area (TPSA) is 127 Å². The van der Waals surface area contributed by atoms with E-state index in [-0.39, 0.29) is 41.8 Å². The van der Waals surface area contributed by atoms with Gasteiger partial charge in [0.2, 0.25) is 0 Å². The first kappa shape index (κ1) is 30.0. The predicted octanol–water partition coefficient (Wildman–Crippen LogP) is -0.0846. The zero-order valence-corrected chi connectivity index (χ0v) is 24.6. The summed E-state index contributed by atoms with van der Waals surface area (Å²) < 4.78 is 28.6. The van der Waals surface area contributed by atoms with Gasteiger partial charge in [-0.25, -0.2) is 0 Å². The number of halogens is 1. The third-order valence-corrected chi connectivity index (χ3v) is 10.9. The molecule has 1 amide bonds. The number of sulfonamides is 1. The van der Waals surface area contributed by atoms with Gasteiger partial charge in [0, 0.05) is 0 Å². The number of alkyl halides is 1. The van der Waals surface area contributed by atoms with Crippen LogP contribution in [0.5, 0.6) is 5.75 Å². The van der Waals surface area contributed by atoms with Gasteiger partial charge in [-0.3, -0.25) is 0 Å². The normalized spacial score (nSPS) is 13.6. The number of hydrogen-bond donors (Lipinski definition) is 4. The summed E-state index contributed by atoms with van der Waals surface area (Å²) in [7, 11) is -3.96. The number of aliphatic hydroxyl groups is 2. The van der Waals surface area contributed by atoms with E-state index in [1.54, 1.807) is 31.2 Å². The number of benzene rings is 3. The molecule has 0 aliphatic carbocycles. The Bertz CT molecular complexity index is 1320. The van der Waals surface area contributed by atoms with Crippen molar-refractivity contribution >= 4 is 15.9 Å². The molecule has 10 heteroatoms. The van der Waals surface area contributed by atoms with Crippen molar-refractivity contribution in [2.75, 3.05) is 13.1 Å². The zero-order valence-electron chi connectivity index (χ0n) is 21.6. The minimum atomic E-state index is -3.96. The molecule has 0 saturated carbocycles. The summed E-state index contributed by atoms with van der Waals surface area (Å²) in [6.45, 7) is 5.20. The Morgan fingerprint density at radius 1 is 0.974 bits per heavy atom. The number of phenolic OH excluding ortho intramolecular Hbond substituents is 1. The summed E-state index contributed by atoms with van der Waals surface area (Å²) in [6.07, 6.45) is -1.19. The van der Waals surface area contributed by atoms with E-state index in [1.807, 2.05) is 44.2 Å².